The lowest BCUT2D eigenvalue weighted by Gasteiger charge is -2.16. The summed E-state index contributed by atoms with van der Waals surface area (Å²) < 4.78 is 5.58. The third-order valence-corrected chi connectivity index (χ3v) is 4.37. The normalized spacial score (nSPS) is 27.5. The van der Waals surface area contributed by atoms with Crippen LogP contribution in [-0.2, 0) is 6.42 Å². The quantitative estimate of drug-likeness (QED) is 0.801. The van der Waals surface area contributed by atoms with Gasteiger partial charge in [0.25, 0.3) is 0 Å². The molecule has 0 spiro atoms. The molecule has 2 heterocycles. The summed E-state index contributed by atoms with van der Waals surface area (Å²) in [7, 11) is 0. The van der Waals surface area contributed by atoms with Crippen LogP contribution in [0, 0.1) is 5.92 Å². The van der Waals surface area contributed by atoms with Gasteiger partial charge in [-0.25, -0.2) is 0 Å². The Labute approximate surface area is 101 Å². The van der Waals surface area contributed by atoms with E-state index in [1.807, 2.05) is 18.4 Å². The summed E-state index contributed by atoms with van der Waals surface area (Å²) in [5.74, 6) is 1.04. The molecule has 2 atom stereocenters. The van der Waals surface area contributed by atoms with Gasteiger partial charge in [0, 0.05) is 18.0 Å². The van der Waals surface area contributed by atoms with E-state index in [9.17, 15) is 0 Å². The lowest BCUT2D eigenvalue weighted by Crippen LogP contribution is -2.25. The molecule has 1 saturated carbocycles. The van der Waals surface area contributed by atoms with Crippen molar-refractivity contribution in [2.45, 2.75) is 25.3 Å². The lowest BCUT2D eigenvalue weighted by molar-refractivity contribution is 0.304. The first-order valence-electron chi connectivity index (χ1n) is 6.61. The fourth-order valence-corrected chi connectivity index (χ4v) is 3.25. The number of rotatable bonds is 3. The van der Waals surface area contributed by atoms with Crippen LogP contribution in [0.25, 0.3) is 11.0 Å². The minimum absolute atomic E-state index is 0.924. The van der Waals surface area contributed by atoms with Crippen molar-refractivity contribution in [3.8, 4) is 0 Å². The average Bonchev–Trinajstić information content (AvgIpc) is 2.86. The maximum absolute atomic E-state index is 5.58. The lowest BCUT2D eigenvalue weighted by atomic mass is 10.1. The summed E-state index contributed by atoms with van der Waals surface area (Å²) in [6.07, 6.45) is 5.94. The van der Waals surface area contributed by atoms with E-state index in [0.29, 0.717) is 0 Å². The second-order valence-corrected chi connectivity index (χ2v) is 5.39. The molecule has 88 valence electrons. The van der Waals surface area contributed by atoms with Crippen molar-refractivity contribution in [2.75, 3.05) is 13.1 Å². The van der Waals surface area contributed by atoms with Crippen LogP contribution in [0.5, 0.6) is 0 Å². The van der Waals surface area contributed by atoms with Crippen LogP contribution in [0.1, 0.15) is 18.4 Å². The predicted molar refractivity (Wildman–Crippen MR) is 68.0 cm³/mol. The van der Waals surface area contributed by atoms with Crippen molar-refractivity contribution < 1.29 is 4.42 Å². The number of fused-ring (bicyclic) bond motifs is 2. The molecule has 0 amide bonds. The zero-order valence-electron chi connectivity index (χ0n) is 9.93. The molecule has 17 heavy (non-hydrogen) atoms. The molecule has 1 aromatic heterocycles. The van der Waals surface area contributed by atoms with Crippen molar-refractivity contribution in [1.29, 1.82) is 0 Å². The molecular formula is C15H17NO. The number of benzene rings is 1. The molecule has 1 aromatic carbocycles. The van der Waals surface area contributed by atoms with Crippen molar-refractivity contribution in [3.63, 3.8) is 0 Å². The van der Waals surface area contributed by atoms with Crippen LogP contribution in [0.4, 0.5) is 0 Å². The Balaban J connectivity index is 1.51. The highest BCUT2D eigenvalue weighted by atomic mass is 16.3. The van der Waals surface area contributed by atoms with Crippen LogP contribution in [0.15, 0.2) is 34.9 Å². The number of hydrogen-bond acceptors (Lipinski definition) is 2. The number of para-hydroxylation sites is 1. The van der Waals surface area contributed by atoms with E-state index in [4.69, 9.17) is 4.42 Å². The molecule has 4 rings (SSSR count). The van der Waals surface area contributed by atoms with Crippen LogP contribution in [0.2, 0.25) is 0 Å². The summed E-state index contributed by atoms with van der Waals surface area (Å²) in [4.78, 5) is 2.66. The number of hydrogen-bond donors (Lipinski definition) is 0. The molecule has 2 aliphatic rings. The minimum atomic E-state index is 0.924. The maximum Gasteiger partial charge on any atom is 0.134 e. The Morgan fingerprint density at radius 3 is 3.06 bits per heavy atom. The third kappa shape index (κ3) is 1.59. The Kier molecular flexibility index (Phi) is 2.06. The predicted octanol–water partition coefficient (Wildman–Crippen LogP) is 3.07. The molecule has 2 heteroatoms. The van der Waals surface area contributed by atoms with Crippen molar-refractivity contribution >= 4 is 11.0 Å². The Morgan fingerprint density at radius 1 is 1.29 bits per heavy atom. The molecule has 2 nitrogen and oxygen atoms in total. The van der Waals surface area contributed by atoms with Crippen LogP contribution in [0.3, 0.4) is 0 Å². The van der Waals surface area contributed by atoms with Gasteiger partial charge in [-0.1, -0.05) is 18.2 Å². The van der Waals surface area contributed by atoms with Crippen LogP contribution in [-0.4, -0.2) is 24.0 Å². The summed E-state index contributed by atoms with van der Waals surface area (Å²) in [5.41, 5.74) is 2.39. The van der Waals surface area contributed by atoms with E-state index in [2.05, 4.69) is 17.0 Å². The van der Waals surface area contributed by atoms with E-state index < -0.39 is 0 Å². The van der Waals surface area contributed by atoms with E-state index in [1.165, 1.54) is 36.9 Å². The van der Waals surface area contributed by atoms with Crippen molar-refractivity contribution in [3.05, 3.63) is 36.1 Å². The highest BCUT2D eigenvalue weighted by Gasteiger charge is 2.46. The molecular weight excluding hydrogens is 210 g/mol. The monoisotopic (exact) mass is 227 g/mol. The topological polar surface area (TPSA) is 16.4 Å². The standard InChI is InChI=1S/C15H17NO/c1-2-4-15-13(3-1)12(10-17-15)6-8-16-7-5-11-9-14(11)16/h1-4,10-11,14H,5-9H2. The van der Waals surface area contributed by atoms with Gasteiger partial charge in [0.15, 0.2) is 0 Å². The molecule has 2 aromatic rings. The Hall–Kier alpha value is -1.28. The van der Waals surface area contributed by atoms with Gasteiger partial charge in [-0.05, 0) is 43.4 Å². The molecule has 1 saturated heterocycles. The minimum Gasteiger partial charge on any atom is -0.464 e. The molecule has 1 aliphatic heterocycles. The smallest absolute Gasteiger partial charge is 0.134 e. The molecule has 1 aliphatic carbocycles. The molecule has 0 bridgehead atoms. The summed E-state index contributed by atoms with van der Waals surface area (Å²) >= 11 is 0. The molecule has 2 unspecified atom stereocenters. The van der Waals surface area contributed by atoms with Gasteiger partial charge in [-0.15, -0.1) is 0 Å². The molecule has 0 N–H and O–H groups in total. The van der Waals surface area contributed by atoms with Gasteiger partial charge in [-0.2, -0.15) is 0 Å². The first-order valence-corrected chi connectivity index (χ1v) is 6.61. The number of piperidine rings is 1. The van der Waals surface area contributed by atoms with Gasteiger partial charge in [0.2, 0.25) is 0 Å². The number of furan rings is 1. The van der Waals surface area contributed by atoms with Crippen LogP contribution >= 0.6 is 0 Å². The fraction of sp³-hybridized carbons (Fsp3) is 0.467. The highest BCUT2D eigenvalue weighted by Crippen LogP contribution is 2.44. The first-order chi connectivity index (χ1) is 8.42. The molecule has 0 radical (unpaired) electrons. The zero-order valence-corrected chi connectivity index (χ0v) is 9.93. The second kappa shape index (κ2) is 3.61. The average molecular weight is 227 g/mol. The van der Waals surface area contributed by atoms with Gasteiger partial charge in [-0.3, -0.25) is 4.90 Å². The number of nitrogens with zero attached hydrogens (tertiary/aromatic N) is 1. The summed E-state index contributed by atoms with van der Waals surface area (Å²) in [6, 6.07) is 9.26. The first kappa shape index (κ1) is 9.72. The van der Waals surface area contributed by atoms with E-state index in [0.717, 1.165) is 24.0 Å². The maximum atomic E-state index is 5.58. The van der Waals surface area contributed by atoms with Gasteiger partial charge in [0.1, 0.15) is 5.58 Å². The van der Waals surface area contributed by atoms with Crippen molar-refractivity contribution in [1.82, 2.24) is 4.90 Å². The van der Waals surface area contributed by atoms with E-state index in [-0.39, 0.29) is 0 Å². The SMILES string of the molecule is c1ccc2c(CCN3CCC4CC43)coc2c1. The Bertz CT molecular complexity index is 545. The third-order valence-electron chi connectivity index (χ3n) is 4.37. The fourth-order valence-electron chi connectivity index (χ4n) is 3.25. The highest BCUT2D eigenvalue weighted by molar-refractivity contribution is 5.80. The zero-order chi connectivity index (χ0) is 11.2. The number of likely N-dealkylation sites (tertiary alicyclic amines) is 1. The largest absolute Gasteiger partial charge is 0.464 e. The van der Waals surface area contributed by atoms with E-state index in [1.54, 1.807) is 0 Å². The Morgan fingerprint density at radius 2 is 2.24 bits per heavy atom. The van der Waals surface area contributed by atoms with Crippen LogP contribution < -0.4 is 0 Å². The van der Waals surface area contributed by atoms with Gasteiger partial charge >= 0.3 is 0 Å². The summed E-state index contributed by atoms with van der Waals surface area (Å²) in [6.45, 7) is 2.51. The summed E-state index contributed by atoms with van der Waals surface area (Å²) in [5, 5.41) is 1.29. The van der Waals surface area contributed by atoms with Gasteiger partial charge in [0.05, 0.1) is 6.26 Å². The van der Waals surface area contributed by atoms with Gasteiger partial charge < -0.3 is 4.42 Å². The van der Waals surface area contributed by atoms with Crippen molar-refractivity contribution in [2.24, 2.45) is 5.92 Å². The second-order valence-electron chi connectivity index (χ2n) is 5.39. The molecule has 2 fully saturated rings. The van der Waals surface area contributed by atoms with E-state index >= 15 is 0 Å².